The molecule has 4 nitrogen and oxygen atoms in total. The molecule has 118 valence electrons. The molecule has 2 rings (SSSR count). The topological polar surface area (TPSA) is 42.4 Å². The highest BCUT2D eigenvalue weighted by Crippen LogP contribution is 2.23. The number of nitrogens with zero attached hydrogens (tertiary/aromatic N) is 2. The lowest BCUT2D eigenvalue weighted by Crippen LogP contribution is -2.40. The molecule has 2 heterocycles. The molecule has 0 atom stereocenters. The zero-order valence-corrected chi connectivity index (χ0v) is 12.5. The van der Waals surface area contributed by atoms with Crippen molar-refractivity contribution in [1.82, 2.24) is 9.88 Å². The van der Waals surface area contributed by atoms with Crippen LogP contribution in [0.5, 0.6) is 0 Å². The molecular weight excluding hydrogens is 305 g/mol. The van der Waals surface area contributed by atoms with Crippen molar-refractivity contribution in [1.29, 1.82) is 0 Å². The van der Waals surface area contributed by atoms with E-state index >= 15 is 0 Å². The Morgan fingerprint density at radius 1 is 1.48 bits per heavy atom. The number of carbonyl (C=O) groups excluding carboxylic acids is 1. The summed E-state index contributed by atoms with van der Waals surface area (Å²) in [5.74, 6) is -0.272. The van der Waals surface area contributed by atoms with Crippen LogP contribution < -0.4 is 0 Å². The van der Waals surface area contributed by atoms with Crippen LogP contribution in [0.2, 0.25) is 0 Å². The summed E-state index contributed by atoms with van der Waals surface area (Å²) in [4.78, 5) is 17.6. The van der Waals surface area contributed by atoms with Crippen molar-refractivity contribution in [2.75, 3.05) is 26.2 Å². The van der Waals surface area contributed by atoms with Gasteiger partial charge in [0, 0.05) is 0 Å². The first-order chi connectivity index (χ1) is 9.83. The minimum absolute atomic E-state index is 0.132. The fraction of sp³-hybridized carbons (Fsp3) is 0.692. The van der Waals surface area contributed by atoms with E-state index in [-0.39, 0.29) is 12.5 Å². The van der Waals surface area contributed by atoms with Crippen LogP contribution >= 0.6 is 11.3 Å². The molecule has 0 saturated carbocycles. The van der Waals surface area contributed by atoms with Crippen molar-refractivity contribution >= 4 is 17.3 Å². The van der Waals surface area contributed by atoms with Gasteiger partial charge < -0.3 is 4.74 Å². The Balaban J connectivity index is 1.70. The quantitative estimate of drug-likeness (QED) is 0.800. The van der Waals surface area contributed by atoms with Gasteiger partial charge in [-0.2, -0.15) is 13.2 Å². The molecule has 0 aliphatic carbocycles. The van der Waals surface area contributed by atoms with E-state index in [9.17, 15) is 18.0 Å². The predicted octanol–water partition coefficient (Wildman–Crippen LogP) is 2.88. The van der Waals surface area contributed by atoms with Gasteiger partial charge in [0.25, 0.3) is 0 Å². The van der Waals surface area contributed by atoms with Gasteiger partial charge in [0.15, 0.2) is 0 Å². The second-order valence-electron chi connectivity index (χ2n) is 5.18. The van der Waals surface area contributed by atoms with Crippen molar-refractivity contribution in [2.24, 2.45) is 5.92 Å². The number of likely N-dealkylation sites (tertiary alicyclic amines) is 1. The molecule has 21 heavy (non-hydrogen) atoms. The smallest absolute Gasteiger partial charge is 0.401 e. The predicted molar refractivity (Wildman–Crippen MR) is 72.4 cm³/mol. The molecule has 1 saturated heterocycles. The Labute approximate surface area is 124 Å². The highest BCUT2D eigenvalue weighted by atomic mass is 32.1. The number of esters is 1. The highest BCUT2D eigenvalue weighted by Gasteiger charge is 2.32. The number of piperidine rings is 1. The number of aryl methyl sites for hydroxylation is 1. The number of aromatic nitrogens is 1. The minimum atomic E-state index is -4.15. The first-order valence-corrected chi connectivity index (χ1v) is 7.54. The van der Waals surface area contributed by atoms with Crippen LogP contribution in [-0.4, -0.2) is 48.3 Å². The maximum absolute atomic E-state index is 12.3. The Hall–Kier alpha value is -1.15. The van der Waals surface area contributed by atoms with E-state index in [4.69, 9.17) is 4.74 Å². The molecule has 1 aliphatic rings. The molecule has 1 aliphatic heterocycles. The maximum Gasteiger partial charge on any atom is 0.401 e. The van der Waals surface area contributed by atoms with E-state index in [1.807, 2.05) is 0 Å². The van der Waals surface area contributed by atoms with Gasteiger partial charge in [0.1, 0.15) is 4.88 Å². The van der Waals surface area contributed by atoms with E-state index in [0.717, 1.165) is 5.01 Å². The molecule has 0 amide bonds. The number of rotatable bonds is 4. The van der Waals surface area contributed by atoms with Gasteiger partial charge >= 0.3 is 12.1 Å². The maximum atomic E-state index is 12.3. The minimum Gasteiger partial charge on any atom is -0.461 e. The van der Waals surface area contributed by atoms with E-state index < -0.39 is 18.7 Å². The zero-order chi connectivity index (χ0) is 15.5. The summed E-state index contributed by atoms with van der Waals surface area (Å²) in [5.41, 5.74) is 0. The van der Waals surface area contributed by atoms with Crippen molar-refractivity contribution in [3.8, 4) is 0 Å². The van der Waals surface area contributed by atoms with E-state index in [0.29, 0.717) is 30.8 Å². The molecule has 8 heteroatoms. The molecule has 0 radical (unpaired) electrons. The molecule has 0 unspecified atom stereocenters. The molecule has 0 bridgehead atoms. The second kappa shape index (κ2) is 6.74. The Morgan fingerprint density at radius 3 is 2.67 bits per heavy atom. The normalized spacial score (nSPS) is 17.9. The SMILES string of the molecule is Cc1ncc(C(=O)OCC2CCN(CC(F)(F)F)CC2)s1. The van der Waals surface area contributed by atoms with E-state index in [1.165, 1.54) is 22.4 Å². The van der Waals surface area contributed by atoms with Gasteiger partial charge in [-0.25, -0.2) is 9.78 Å². The largest absolute Gasteiger partial charge is 0.461 e. The third-order valence-electron chi connectivity index (χ3n) is 3.38. The third kappa shape index (κ3) is 5.28. The molecule has 1 aromatic rings. The van der Waals surface area contributed by atoms with Gasteiger partial charge in [-0.05, 0) is 38.8 Å². The summed E-state index contributed by atoms with van der Waals surface area (Å²) >= 11 is 1.27. The van der Waals surface area contributed by atoms with Gasteiger partial charge in [0.2, 0.25) is 0 Å². The lowest BCUT2D eigenvalue weighted by Gasteiger charge is -2.31. The van der Waals surface area contributed by atoms with Crippen molar-refractivity contribution in [3.63, 3.8) is 0 Å². The molecule has 0 aromatic carbocycles. The molecule has 0 N–H and O–H groups in total. The summed E-state index contributed by atoms with van der Waals surface area (Å²) in [5, 5.41) is 0.794. The molecule has 1 fully saturated rings. The number of hydrogen-bond acceptors (Lipinski definition) is 5. The number of thiazole rings is 1. The number of ether oxygens (including phenoxy) is 1. The molecule has 1 aromatic heterocycles. The van der Waals surface area contributed by atoms with Crippen LogP contribution in [0.1, 0.15) is 27.5 Å². The van der Waals surface area contributed by atoms with Crippen molar-refractivity contribution < 1.29 is 22.7 Å². The Morgan fingerprint density at radius 2 is 2.14 bits per heavy atom. The monoisotopic (exact) mass is 322 g/mol. The van der Waals surface area contributed by atoms with Gasteiger partial charge in [-0.15, -0.1) is 11.3 Å². The van der Waals surface area contributed by atoms with Crippen LogP contribution in [0.4, 0.5) is 13.2 Å². The lowest BCUT2D eigenvalue weighted by molar-refractivity contribution is -0.148. The Kier molecular flexibility index (Phi) is 5.21. The Bertz CT molecular complexity index is 482. The van der Waals surface area contributed by atoms with Gasteiger partial charge in [-0.3, -0.25) is 4.90 Å². The summed E-state index contributed by atoms with van der Waals surface area (Å²) in [6, 6.07) is 0. The molecular formula is C13H17F3N2O2S. The van der Waals surface area contributed by atoms with Crippen LogP contribution in [-0.2, 0) is 4.74 Å². The summed E-state index contributed by atoms with van der Waals surface area (Å²) in [6.07, 6.45) is -1.44. The van der Waals surface area contributed by atoms with Crippen molar-refractivity contribution in [3.05, 3.63) is 16.1 Å². The second-order valence-corrected chi connectivity index (χ2v) is 6.41. The van der Waals surface area contributed by atoms with Crippen LogP contribution in [0.15, 0.2) is 6.20 Å². The number of halogens is 3. The van der Waals surface area contributed by atoms with Crippen LogP contribution in [0.25, 0.3) is 0 Å². The summed E-state index contributed by atoms with van der Waals surface area (Å²) in [7, 11) is 0. The third-order valence-corrected chi connectivity index (χ3v) is 4.28. The fourth-order valence-electron chi connectivity index (χ4n) is 2.29. The van der Waals surface area contributed by atoms with Crippen LogP contribution in [0.3, 0.4) is 0 Å². The first-order valence-electron chi connectivity index (χ1n) is 6.72. The zero-order valence-electron chi connectivity index (χ0n) is 11.7. The molecule has 0 spiro atoms. The van der Waals surface area contributed by atoms with E-state index in [1.54, 1.807) is 6.92 Å². The highest BCUT2D eigenvalue weighted by molar-refractivity contribution is 7.13. The van der Waals surface area contributed by atoms with E-state index in [2.05, 4.69) is 4.98 Å². The lowest BCUT2D eigenvalue weighted by atomic mass is 9.98. The standard InChI is InChI=1S/C13H17F3N2O2S/c1-9-17-6-11(21-9)12(19)20-7-10-2-4-18(5-3-10)8-13(14,15)16/h6,10H,2-5,7-8H2,1H3. The number of carbonyl (C=O) groups is 1. The average Bonchev–Trinajstić information content (AvgIpc) is 2.82. The summed E-state index contributed by atoms with van der Waals surface area (Å²) < 4.78 is 42.0. The van der Waals surface area contributed by atoms with Crippen molar-refractivity contribution in [2.45, 2.75) is 25.9 Å². The fourth-order valence-corrected chi connectivity index (χ4v) is 2.96. The van der Waals surface area contributed by atoms with Gasteiger partial charge in [0.05, 0.1) is 24.4 Å². The number of hydrogen-bond donors (Lipinski definition) is 0. The first kappa shape index (κ1) is 16.2. The van der Waals surface area contributed by atoms with Gasteiger partial charge in [-0.1, -0.05) is 0 Å². The van der Waals surface area contributed by atoms with Crippen LogP contribution in [0, 0.1) is 12.8 Å². The summed E-state index contributed by atoms with van der Waals surface area (Å²) in [6.45, 7) is 1.98. The average molecular weight is 322 g/mol. The number of alkyl halides is 3.